The van der Waals surface area contributed by atoms with Crippen LogP contribution in [0.25, 0.3) is 0 Å². The SMILES string of the molecule is COc1ccc(CNC(=O)c2cc(NS(=O)(=O)c3ccc(C)cc3)ccc2Cl)cc1OC. The molecule has 3 aromatic rings. The molecule has 168 valence electrons. The maximum absolute atomic E-state index is 12.7. The summed E-state index contributed by atoms with van der Waals surface area (Å²) in [6.45, 7) is 2.09. The molecule has 0 aliphatic carbocycles. The van der Waals surface area contributed by atoms with Crippen molar-refractivity contribution in [3.05, 3.63) is 82.4 Å². The Morgan fingerprint density at radius 3 is 2.28 bits per heavy atom. The number of aryl methyl sites for hydroxylation is 1. The summed E-state index contributed by atoms with van der Waals surface area (Å²) >= 11 is 6.19. The van der Waals surface area contributed by atoms with E-state index in [-0.39, 0.29) is 27.7 Å². The molecule has 9 heteroatoms. The first-order chi connectivity index (χ1) is 15.2. The summed E-state index contributed by atoms with van der Waals surface area (Å²) < 4.78 is 38.2. The summed E-state index contributed by atoms with van der Waals surface area (Å²) in [5, 5.41) is 2.98. The van der Waals surface area contributed by atoms with E-state index in [9.17, 15) is 13.2 Å². The van der Waals surface area contributed by atoms with Gasteiger partial charge in [-0.1, -0.05) is 35.4 Å². The van der Waals surface area contributed by atoms with Gasteiger partial charge in [0.2, 0.25) is 0 Å². The van der Waals surface area contributed by atoms with Crippen LogP contribution in [-0.4, -0.2) is 28.5 Å². The number of carbonyl (C=O) groups is 1. The Morgan fingerprint density at radius 2 is 1.62 bits per heavy atom. The second-order valence-electron chi connectivity index (χ2n) is 6.99. The van der Waals surface area contributed by atoms with E-state index in [0.29, 0.717) is 11.5 Å². The van der Waals surface area contributed by atoms with Gasteiger partial charge in [-0.05, 0) is 55.0 Å². The van der Waals surface area contributed by atoms with Crippen LogP contribution in [0, 0.1) is 6.92 Å². The van der Waals surface area contributed by atoms with E-state index in [1.165, 1.54) is 37.4 Å². The van der Waals surface area contributed by atoms with Gasteiger partial charge >= 0.3 is 0 Å². The van der Waals surface area contributed by atoms with Crippen molar-refractivity contribution in [3.63, 3.8) is 0 Å². The number of hydrogen-bond acceptors (Lipinski definition) is 5. The molecule has 0 saturated carbocycles. The lowest BCUT2D eigenvalue weighted by Gasteiger charge is -2.12. The van der Waals surface area contributed by atoms with Crippen molar-refractivity contribution in [2.75, 3.05) is 18.9 Å². The molecule has 0 aliphatic rings. The lowest BCUT2D eigenvalue weighted by molar-refractivity contribution is 0.0951. The first-order valence-electron chi connectivity index (χ1n) is 9.61. The number of anilines is 1. The van der Waals surface area contributed by atoms with E-state index in [0.717, 1.165) is 11.1 Å². The molecule has 0 aromatic heterocycles. The van der Waals surface area contributed by atoms with Crippen LogP contribution in [-0.2, 0) is 16.6 Å². The van der Waals surface area contributed by atoms with Crippen LogP contribution < -0.4 is 19.5 Å². The van der Waals surface area contributed by atoms with Gasteiger partial charge in [-0.3, -0.25) is 9.52 Å². The Kier molecular flexibility index (Phi) is 7.27. The summed E-state index contributed by atoms with van der Waals surface area (Å²) in [4.78, 5) is 12.8. The second kappa shape index (κ2) is 9.93. The Bertz CT molecular complexity index is 1230. The zero-order valence-corrected chi connectivity index (χ0v) is 19.4. The smallest absolute Gasteiger partial charge is 0.261 e. The predicted octanol–water partition coefficient (Wildman–Crippen LogP) is 4.40. The predicted molar refractivity (Wildman–Crippen MR) is 124 cm³/mol. The highest BCUT2D eigenvalue weighted by atomic mass is 35.5. The molecule has 0 fully saturated rings. The number of carbonyl (C=O) groups excluding carboxylic acids is 1. The standard InChI is InChI=1S/C23H23ClN2O5S/c1-15-4-8-18(9-5-15)32(28,29)26-17-7-10-20(24)19(13-17)23(27)25-14-16-6-11-21(30-2)22(12-16)31-3/h4-13,26H,14H2,1-3H3,(H,25,27). The van der Waals surface area contributed by atoms with Gasteiger partial charge in [0.05, 0.1) is 29.7 Å². The number of halogens is 1. The maximum Gasteiger partial charge on any atom is 0.261 e. The molecule has 3 rings (SSSR count). The van der Waals surface area contributed by atoms with Crippen LogP contribution in [0.2, 0.25) is 5.02 Å². The van der Waals surface area contributed by atoms with Gasteiger partial charge in [-0.2, -0.15) is 0 Å². The van der Waals surface area contributed by atoms with Crippen molar-refractivity contribution in [1.82, 2.24) is 5.32 Å². The molecule has 0 bridgehead atoms. The number of benzene rings is 3. The highest BCUT2D eigenvalue weighted by molar-refractivity contribution is 7.92. The van der Waals surface area contributed by atoms with E-state index < -0.39 is 15.9 Å². The molecule has 0 heterocycles. The van der Waals surface area contributed by atoms with Gasteiger partial charge in [0.15, 0.2) is 11.5 Å². The lowest BCUT2D eigenvalue weighted by atomic mass is 10.1. The van der Waals surface area contributed by atoms with Crippen LogP contribution in [0.15, 0.2) is 65.6 Å². The summed E-state index contributed by atoms with van der Waals surface area (Å²) in [5.41, 5.74) is 2.12. The topological polar surface area (TPSA) is 93.7 Å². The number of methoxy groups -OCH3 is 2. The van der Waals surface area contributed by atoms with Crippen molar-refractivity contribution >= 4 is 33.2 Å². The van der Waals surface area contributed by atoms with Crippen LogP contribution in [0.1, 0.15) is 21.5 Å². The molecule has 0 unspecified atom stereocenters. The fourth-order valence-electron chi connectivity index (χ4n) is 2.96. The molecule has 32 heavy (non-hydrogen) atoms. The van der Waals surface area contributed by atoms with Crippen molar-refractivity contribution in [3.8, 4) is 11.5 Å². The molecule has 0 aliphatic heterocycles. The third-order valence-corrected chi connectivity index (χ3v) is 6.42. The molecular weight excluding hydrogens is 452 g/mol. The van der Waals surface area contributed by atoms with E-state index in [1.807, 2.05) is 6.92 Å². The maximum atomic E-state index is 12.7. The minimum Gasteiger partial charge on any atom is -0.493 e. The Labute approximate surface area is 192 Å². The minimum atomic E-state index is -3.81. The first kappa shape index (κ1) is 23.4. The minimum absolute atomic E-state index is 0.123. The number of hydrogen-bond donors (Lipinski definition) is 2. The van der Waals surface area contributed by atoms with E-state index in [1.54, 1.807) is 37.4 Å². The normalized spacial score (nSPS) is 11.0. The van der Waals surface area contributed by atoms with Crippen molar-refractivity contribution < 1.29 is 22.7 Å². The molecule has 3 aromatic carbocycles. The van der Waals surface area contributed by atoms with Crippen LogP contribution in [0.5, 0.6) is 11.5 Å². The van der Waals surface area contributed by atoms with Gasteiger partial charge in [-0.25, -0.2) is 8.42 Å². The lowest BCUT2D eigenvalue weighted by Crippen LogP contribution is -2.23. The van der Waals surface area contributed by atoms with Crippen molar-refractivity contribution in [1.29, 1.82) is 0 Å². The number of amides is 1. The summed E-state index contributed by atoms with van der Waals surface area (Å²) in [6, 6.07) is 16.1. The Hall–Kier alpha value is -3.23. The molecule has 0 atom stereocenters. The Morgan fingerprint density at radius 1 is 0.938 bits per heavy atom. The van der Waals surface area contributed by atoms with Crippen LogP contribution in [0.4, 0.5) is 5.69 Å². The number of nitrogens with one attached hydrogen (secondary N) is 2. The second-order valence-corrected chi connectivity index (χ2v) is 9.07. The average molecular weight is 475 g/mol. The number of ether oxygens (including phenoxy) is 2. The largest absolute Gasteiger partial charge is 0.493 e. The van der Waals surface area contributed by atoms with Gasteiger partial charge in [0.1, 0.15) is 0 Å². The molecule has 1 amide bonds. The summed E-state index contributed by atoms with van der Waals surface area (Å²) in [7, 11) is -0.732. The van der Waals surface area contributed by atoms with Gasteiger partial charge < -0.3 is 14.8 Å². The average Bonchev–Trinajstić information content (AvgIpc) is 2.78. The molecule has 7 nitrogen and oxygen atoms in total. The molecular formula is C23H23ClN2O5S. The number of sulfonamides is 1. The molecule has 0 radical (unpaired) electrons. The van der Waals surface area contributed by atoms with Crippen LogP contribution >= 0.6 is 11.6 Å². The van der Waals surface area contributed by atoms with Crippen molar-refractivity contribution in [2.45, 2.75) is 18.4 Å². The van der Waals surface area contributed by atoms with Gasteiger partial charge in [0.25, 0.3) is 15.9 Å². The first-order valence-corrected chi connectivity index (χ1v) is 11.5. The fraction of sp³-hybridized carbons (Fsp3) is 0.174. The highest BCUT2D eigenvalue weighted by Crippen LogP contribution is 2.28. The zero-order valence-electron chi connectivity index (χ0n) is 17.8. The van der Waals surface area contributed by atoms with Gasteiger partial charge in [0, 0.05) is 12.2 Å². The van der Waals surface area contributed by atoms with Gasteiger partial charge in [-0.15, -0.1) is 0 Å². The third-order valence-electron chi connectivity index (χ3n) is 4.70. The molecule has 0 spiro atoms. The quantitative estimate of drug-likeness (QED) is 0.504. The van der Waals surface area contributed by atoms with Crippen molar-refractivity contribution in [2.24, 2.45) is 0 Å². The summed E-state index contributed by atoms with van der Waals surface area (Å²) in [5.74, 6) is 0.685. The Balaban J connectivity index is 1.75. The number of rotatable bonds is 8. The summed E-state index contributed by atoms with van der Waals surface area (Å²) in [6.07, 6.45) is 0. The third kappa shape index (κ3) is 5.52. The highest BCUT2D eigenvalue weighted by Gasteiger charge is 2.17. The molecule has 0 saturated heterocycles. The van der Waals surface area contributed by atoms with E-state index in [4.69, 9.17) is 21.1 Å². The molecule has 2 N–H and O–H groups in total. The zero-order chi connectivity index (χ0) is 23.3. The fourth-order valence-corrected chi connectivity index (χ4v) is 4.22. The van der Waals surface area contributed by atoms with E-state index in [2.05, 4.69) is 10.0 Å². The monoisotopic (exact) mass is 474 g/mol. The van der Waals surface area contributed by atoms with Crippen LogP contribution in [0.3, 0.4) is 0 Å². The van der Waals surface area contributed by atoms with E-state index >= 15 is 0 Å².